The number of hydrogen-bond donors (Lipinski definition) is 2. The number of carbonyl (C=O) groups is 1. The van der Waals surface area contributed by atoms with Gasteiger partial charge in [0.25, 0.3) is 5.91 Å². The van der Waals surface area contributed by atoms with Gasteiger partial charge in [0.1, 0.15) is 5.82 Å². The number of nitrogens with one attached hydrogen (secondary N) is 1. The fourth-order valence-electron chi connectivity index (χ4n) is 1.45. The Morgan fingerprint density at radius 2 is 1.94 bits per heavy atom. The van der Waals surface area contributed by atoms with Crippen LogP contribution in [-0.2, 0) is 0 Å². The second-order valence-electron chi connectivity index (χ2n) is 3.60. The molecule has 18 heavy (non-hydrogen) atoms. The van der Waals surface area contributed by atoms with Gasteiger partial charge in [0.2, 0.25) is 0 Å². The Labute approximate surface area is 114 Å². The molecule has 2 aromatic carbocycles. The van der Waals surface area contributed by atoms with Crippen molar-refractivity contribution in [1.29, 1.82) is 0 Å². The molecule has 0 fully saturated rings. The summed E-state index contributed by atoms with van der Waals surface area (Å²) >= 11 is 10.0. The van der Waals surface area contributed by atoms with Gasteiger partial charge < -0.3 is 5.32 Å². The number of hydrogen-bond acceptors (Lipinski definition) is 2. The third kappa shape index (κ3) is 2.83. The molecule has 0 aliphatic rings. The third-order valence-corrected chi connectivity index (χ3v) is 3.04. The second kappa shape index (κ2) is 5.42. The Hall–Kier alpha value is -1.52. The Kier molecular flexibility index (Phi) is 3.89. The molecule has 0 aliphatic carbocycles. The molecule has 1 N–H and O–H groups in total. The van der Waals surface area contributed by atoms with Crippen LogP contribution < -0.4 is 5.32 Å². The number of benzene rings is 2. The van der Waals surface area contributed by atoms with E-state index in [4.69, 9.17) is 11.6 Å². The monoisotopic (exact) mass is 281 g/mol. The van der Waals surface area contributed by atoms with E-state index in [1.54, 1.807) is 24.3 Å². The van der Waals surface area contributed by atoms with Crippen molar-refractivity contribution in [3.63, 3.8) is 0 Å². The first-order chi connectivity index (χ1) is 8.58. The number of halogens is 2. The molecule has 0 spiro atoms. The van der Waals surface area contributed by atoms with Crippen LogP contribution >= 0.6 is 24.2 Å². The Morgan fingerprint density at radius 1 is 1.22 bits per heavy atom. The topological polar surface area (TPSA) is 29.1 Å². The number of carbonyl (C=O) groups excluding carboxylic acids is 1. The minimum atomic E-state index is -0.464. The molecule has 0 bridgehead atoms. The van der Waals surface area contributed by atoms with E-state index in [2.05, 4.69) is 17.9 Å². The first-order valence-electron chi connectivity index (χ1n) is 5.12. The molecule has 0 aliphatic heterocycles. The zero-order chi connectivity index (χ0) is 13.1. The number of amides is 1. The first kappa shape index (κ1) is 12.9. The summed E-state index contributed by atoms with van der Waals surface area (Å²) in [6, 6.07) is 10.6. The Balaban J connectivity index is 2.27. The maximum absolute atomic E-state index is 13.1. The summed E-state index contributed by atoms with van der Waals surface area (Å²) in [6.07, 6.45) is 0. The van der Waals surface area contributed by atoms with Crippen molar-refractivity contribution in [2.45, 2.75) is 4.90 Å². The molecule has 0 heterocycles. The van der Waals surface area contributed by atoms with E-state index in [0.29, 0.717) is 10.5 Å². The summed E-state index contributed by atoms with van der Waals surface area (Å²) in [5.74, 6) is -0.845. The lowest BCUT2D eigenvalue weighted by Crippen LogP contribution is -2.13. The standard InChI is InChI=1S/C13H9ClFNOS/c14-10-6-5-8(15)7-11(10)16-13(17)9-3-1-2-4-12(9)18/h1-7,18H,(H,16,17). The van der Waals surface area contributed by atoms with Gasteiger partial charge in [-0.3, -0.25) is 4.79 Å². The van der Waals surface area contributed by atoms with Crippen LogP contribution in [0.25, 0.3) is 0 Å². The highest BCUT2D eigenvalue weighted by Crippen LogP contribution is 2.24. The van der Waals surface area contributed by atoms with Crippen molar-refractivity contribution in [1.82, 2.24) is 0 Å². The minimum absolute atomic E-state index is 0.234. The van der Waals surface area contributed by atoms with E-state index in [0.717, 1.165) is 0 Å². The van der Waals surface area contributed by atoms with Gasteiger partial charge in [-0.1, -0.05) is 23.7 Å². The van der Waals surface area contributed by atoms with Crippen molar-refractivity contribution in [3.05, 3.63) is 58.9 Å². The smallest absolute Gasteiger partial charge is 0.256 e. The van der Waals surface area contributed by atoms with Gasteiger partial charge in [-0.15, -0.1) is 12.6 Å². The summed E-state index contributed by atoms with van der Waals surface area (Å²) < 4.78 is 13.1. The van der Waals surface area contributed by atoms with Gasteiger partial charge in [-0.25, -0.2) is 4.39 Å². The lowest BCUT2D eigenvalue weighted by molar-refractivity contribution is 0.102. The van der Waals surface area contributed by atoms with E-state index >= 15 is 0 Å². The lowest BCUT2D eigenvalue weighted by atomic mass is 10.2. The van der Waals surface area contributed by atoms with Crippen LogP contribution in [0.3, 0.4) is 0 Å². The Bertz CT molecular complexity index is 603. The van der Waals surface area contributed by atoms with E-state index < -0.39 is 5.82 Å². The number of thiol groups is 1. The third-order valence-electron chi connectivity index (χ3n) is 2.33. The largest absolute Gasteiger partial charge is 0.321 e. The maximum atomic E-state index is 13.1. The molecule has 2 aromatic rings. The molecular weight excluding hydrogens is 273 g/mol. The average Bonchev–Trinajstić information content (AvgIpc) is 2.34. The summed E-state index contributed by atoms with van der Waals surface area (Å²) in [5, 5.41) is 2.83. The summed E-state index contributed by atoms with van der Waals surface area (Å²) in [4.78, 5) is 12.5. The van der Waals surface area contributed by atoms with Crippen LogP contribution in [0.1, 0.15) is 10.4 Å². The summed E-state index contributed by atoms with van der Waals surface area (Å²) in [7, 11) is 0. The molecule has 0 aromatic heterocycles. The van der Waals surface area contributed by atoms with Crippen molar-refractivity contribution >= 4 is 35.8 Å². The first-order valence-corrected chi connectivity index (χ1v) is 5.95. The maximum Gasteiger partial charge on any atom is 0.256 e. The summed E-state index contributed by atoms with van der Waals surface area (Å²) in [6.45, 7) is 0. The van der Waals surface area contributed by atoms with Gasteiger partial charge >= 0.3 is 0 Å². The predicted molar refractivity (Wildman–Crippen MR) is 73.1 cm³/mol. The number of anilines is 1. The number of rotatable bonds is 2. The molecule has 0 saturated carbocycles. The lowest BCUT2D eigenvalue weighted by Gasteiger charge is -2.08. The highest BCUT2D eigenvalue weighted by Gasteiger charge is 2.11. The molecule has 0 radical (unpaired) electrons. The van der Waals surface area contributed by atoms with Crippen LogP contribution in [0.4, 0.5) is 10.1 Å². The van der Waals surface area contributed by atoms with E-state index in [1.807, 2.05) is 0 Å². The molecule has 5 heteroatoms. The molecule has 92 valence electrons. The van der Waals surface area contributed by atoms with Gasteiger partial charge in [0.15, 0.2) is 0 Å². The minimum Gasteiger partial charge on any atom is -0.321 e. The van der Waals surface area contributed by atoms with Crippen molar-refractivity contribution in [2.75, 3.05) is 5.32 Å². The van der Waals surface area contributed by atoms with Gasteiger partial charge in [0.05, 0.1) is 16.3 Å². The second-order valence-corrected chi connectivity index (χ2v) is 4.48. The van der Waals surface area contributed by atoms with Gasteiger partial charge in [-0.05, 0) is 30.3 Å². The van der Waals surface area contributed by atoms with Crippen LogP contribution in [0.15, 0.2) is 47.4 Å². The van der Waals surface area contributed by atoms with E-state index in [-0.39, 0.29) is 16.6 Å². The Morgan fingerprint density at radius 3 is 2.67 bits per heavy atom. The van der Waals surface area contributed by atoms with Crippen molar-refractivity contribution in [3.8, 4) is 0 Å². The molecule has 2 nitrogen and oxygen atoms in total. The predicted octanol–water partition coefficient (Wildman–Crippen LogP) is 4.02. The SMILES string of the molecule is O=C(Nc1cc(F)ccc1Cl)c1ccccc1S. The van der Waals surface area contributed by atoms with E-state index in [9.17, 15) is 9.18 Å². The molecule has 0 saturated heterocycles. The molecule has 0 unspecified atom stereocenters. The van der Waals surface area contributed by atoms with Crippen LogP contribution in [0, 0.1) is 5.82 Å². The zero-order valence-corrected chi connectivity index (χ0v) is 10.8. The van der Waals surface area contributed by atoms with Crippen molar-refractivity contribution < 1.29 is 9.18 Å². The molecular formula is C13H9ClFNOS. The molecule has 2 rings (SSSR count). The zero-order valence-electron chi connectivity index (χ0n) is 9.15. The fraction of sp³-hybridized carbons (Fsp3) is 0. The van der Waals surface area contributed by atoms with Crippen molar-refractivity contribution in [2.24, 2.45) is 0 Å². The summed E-state index contributed by atoms with van der Waals surface area (Å²) in [5.41, 5.74) is 0.638. The normalized spacial score (nSPS) is 10.2. The molecule has 0 atom stereocenters. The van der Waals surface area contributed by atoms with E-state index in [1.165, 1.54) is 18.2 Å². The average molecular weight is 282 g/mol. The molecule has 1 amide bonds. The van der Waals surface area contributed by atoms with Gasteiger partial charge in [-0.2, -0.15) is 0 Å². The van der Waals surface area contributed by atoms with Gasteiger partial charge in [0, 0.05) is 4.90 Å². The highest BCUT2D eigenvalue weighted by molar-refractivity contribution is 7.80. The van der Waals surface area contributed by atoms with Crippen LogP contribution in [0.5, 0.6) is 0 Å². The fourth-order valence-corrected chi connectivity index (χ4v) is 1.88. The van der Waals surface area contributed by atoms with Crippen LogP contribution in [-0.4, -0.2) is 5.91 Å². The van der Waals surface area contributed by atoms with Crippen LogP contribution in [0.2, 0.25) is 5.02 Å². The highest BCUT2D eigenvalue weighted by atomic mass is 35.5. The quantitative estimate of drug-likeness (QED) is 0.800.